The summed E-state index contributed by atoms with van der Waals surface area (Å²) in [4.78, 5) is 18.0. The molecule has 0 spiro atoms. The Morgan fingerprint density at radius 2 is 1.72 bits per heavy atom. The number of fused-ring (bicyclic) bond motifs is 1. The number of hydrogen-bond donors (Lipinski definition) is 0. The summed E-state index contributed by atoms with van der Waals surface area (Å²) in [6, 6.07) is 22.9. The predicted molar refractivity (Wildman–Crippen MR) is 119 cm³/mol. The number of thioether (sulfide) groups is 1. The van der Waals surface area contributed by atoms with Crippen LogP contribution in [-0.4, -0.2) is 16.7 Å². The number of ether oxygens (including phenoxy) is 1. The van der Waals surface area contributed by atoms with Gasteiger partial charge in [-0.2, -0.15) is 0 Å². The van der Waals surface area contributed by atoms with Crippen molar-refractivity contribution < 1.29 is 4.74 Å². The second-order valence-electron chi connectivity index (χ2n) is 6.53. The van der Waals surface area contributed by atoms with E-state index in [-0.39, 0.29) is 5.56 Å². The molecule has 0 aliphatic heterocycles. The maximum absolute atomic E-state index is 13.3. The fourth-order valence-electron chi connectivity index (χ4n) is 3.13. The molecule has 1 heterocycles. The van der Waals surface area contributed by atoms with Crippen molar-refractivity contribution in [3.63, 3.8) is 0 Å². The smallest absolute Gasteiger partial charge is 0.262 e. The predicted octanol–water partition coefficient (Wildman–Crippen LogP) is 5.40. The van der Waals surface area contributed by atoms with E-state index in [4.69, 9.17) is 21.3 Å². The molecule has 0 bridgehead atoms. The molecule has 0 radical (unpaired) electrons. The van der Waals surface area contributed by atoms with Crippen molar-refractivity contribution in [2.75, 3.05) is 7.11 Å². The Kier molecular flexibility index (Phi) is 5.88. The largest absolute Gasteiger partial charge is 0.496 e. The Morgan fingerprint density at radius 1 is 1.00 bits per heavy atom. The molecule has 0 saturated heterocycles. The lowest BCUT2D eigenvalue weighted by molar-refractivity contribution is 0.407. The lowest BCUT2D eigenvalue weighted by Crippen LogP contribution is -2.24. The number of hydrogen-bond acceptors (Lipinski definition) is 4. The molecule has 6 heteroatoms. The van der Waals surface area contributed by atoms with Gasteiger partial charge in [0.25, 0.3) is 5.56 Å². The van der Waals surface area contributed by atoms with Crippen LogP contribution in [0, 0.1) is 0 Å². The molecule has 29 heavy (non-hydrogen) atoms. The molecule has 0 aliphatic rings. The Labute approximate surface area is 178 Å². The van der Waals surface area contributed by atoms with Gasteiger partial charge in [-0.25, -0.2) is 4.98 Å². The second-order valence-corrected chi connectivity index (χ2v) is 7.91. The van der Waals surface area contributed by atoms with Crippen LogP contribution in [0.15, 0.2) is 82.7 Å². The third-order valence-corrected chi connectivity index (χ3v) is 5.93. The summed E-state index contributed by atoms with van der Waals surface area (Å²) < 4.78 is 7.19. The number of nitrogens with zero attached hydrogens (tertiary/aromatic N) is 2. The van der Waals surface area contributed by atoms with Gasteiger partial charge in [0.05, 0.1) is 24.6 Å². The van der Waals surface area contributed by atoms with Crippen LogP contribution in [0.5, 0.6) is 5.75 Å². The molecule has 4 rings (SSSR count). The first kappa shape index (κ1) is 19.6. The number of benzene rings is 3. The van der Waals surface area contributed by atoms with Crippen LogP contribution >= 0.6 is 23.4 Å². The molecule has 0 aliphatic carbocycles. The highest BCUT2D eigenvalue weighted by molar-refractivity contribution is 7.98. The van der Waals surface area contributed by atoms with Crippen LogP contribution in [0.3, 0.4) is 0 Å². The number of halogens is 1. The van der Waals surface area contributed by atoms with Crippen molar-refractivity contribution in [2.24, 2.45) is 0 Å². The first-order valence-electron chi connectivity index (χ1n) is 9.14. The van der Waals surface area contributed by atoms with Gasteiger partial charge in [0.2, 0.25) is 0 Å². The van der Waals surface area contributed by atoms with Crippen LogP contribution in [0.2, 0.25) is 5.02 Å². The average Bonchev–Trinajstić information content (AvgIpc) is 2.76. The van der Waals surface area contributed by atoms with Crippen LogP contribution < -0.4 is 10.3 Å². The molecule has 146 valence electrons. The van der Waals surface area contributed by atoms with Crippen LogP contribution in [-0.2, 0) is 12.3 Å². The summed E-state index contributed by atoms with van der Waals surface area (Å²) in [6.45, 7) is 0.392. The van der Waals surface area contributed by atoms with Crippen LogP contribution in [0.1, 0.15) is 11.1 Å². The number of para-hydroxylation sites is 2. The minimum Gasteiger partial charge on any atom is -0.496 e. The molecule has 0 fully saturated rings. The molecule has 0 atom stereocenters. The number of aromatic nitrogens is 2. The molecule has 4 aromatic rings. The topological polar surface area (TPSA) is 44.1 Å². The lowest BCUT2D eigenvalue weighted by atomic mass is 10.2. The van der Waals surface area contributed by atoms with Crippen molar-refractivity contribution in [2.45, 2.75) is 17.5 Å². The van der Waals surface area contributed by atoms with E-state index >= 15 is 0 Å². The van der Waals surface area contributed by atoms with Gasteiger partial charge in [0.1, 0.15) is 5.75 Å². The molecule has 0 unspecified atom stereocenters. The molecule has 0 N–H and O–H groups in total. The van der Waals surface area contributed by atoms with Crippen molar-refractivity contribution in [1.82, 2.24) is 9.55 Å². The van der Waals surface area contributed by atoms with Gasteiger partial charge >= 0.3 is 0 Å². The van der Waals surface area contributed by atoms with Gasteiger partial charge in [-0.1, -0.05) is 65.8 Å². The van der Waals surface area contributed by atoms with Crippen molar-refractivity contribution in [3.8, 4) is 5.75 Å². The van der Waals surface area contributed by atoms with Crippen molar-refractivity contribution in [1.29, 1.82) is 0 Å². The van der Waals surface area contributed by atoms with E-state index in [1.807, 2.05) is 72.8 Å². The van der Waals surface area contributed by atoms with E-state index in [9.17, 15) is 4.79 Å². The summed E-state index contributed by atoms with van der Waals surface area (Å²) >= 11 is 7.52. The maximum atomic E-state index is 13.3. The zero-order chi connectivity index (χ0) is 20.2. The average molecular weight is 423 g/mol. The van der Waals surface area contributed by atoms with Crippen LogP contribution in [0.25, 0.3) is 10.9 Å². The van der Waals surface area contributed by atoms with Gasteiger partial charge in [0.15, 0.2) is 5.16 Å². The quantitative estimate of drug-likeness (QED) is 0.308. The summed E-state index contributed by atoms with van der Waals surface area (Å²) in [5.74, 6) is 1.44. The van der Waals surface area contributed by atoms with Crippen molar-refractivity contribution >= 4 is 34.3 Å². The highest BCUT2D eigenvalue weighted by Crippen LogP contribution is 2.25. The van der Waals surface area contributed by atoms with Crippen LogP contribution in [0.4, 0.5) is 0 Å². The zero-order valence-electron chi connectivity index (χ0n) is 15.8. The highest BCUT2D eigenvalue weighted by atomic mass is 35.5. The monoisotopic (exact) mass is 422 g/mol. The fourth-order valence-corrected chi connectivity index (χ4v) is 4.21. The van der Waals surface area contributed by atoms with Gasteiger partial charge < -0.3 is 4.74 Å². The summed E-state index contributed by atoms with van der Waals surface area (Å²) in [5, 5.41) is 1.99. The van der Waals surface area contributed by atoms with E-state index < -0.39 is 0 Å². The highest BCUT2D eigenvalue weighted by Gasteiger charge is 2.14. The molecule has 4 nitrogen and oxygen atoms in total. The maximum Gasteiger partial charge on any atom is 0.262 e. The van der Waals surface area contributed by atoms with E-state index in [1.54, 1.807) is 11.7 Å². The van der Waals surface area contributed by atoms with E-state index in [2.05, 4.69) is 0 Å². The standard InChI is InChI=1S/C23H19ClN2O2S/c1-28-21-9-5-2-6-17(21)14-26-22(27)19-7-3-4-8-20(19)25-23(26)29-15-16-10-12-18(24)13-11-16/h2-13H,14-15H2,1H3. The van der Waals surface area contributed by atoms with Gasteiger partial charge in [-0.15, -0.1) is 0 Å². The molecular formula is C23H19ClN2O2S. The zero-order valence-corrected chi connectivity index (χ0v) is 17.4. The minimum atomic E-state index is -0.0555. The summed E-state index contributed by atoms with van der Waals surface area (Å²) in [6.07, 6.45) is 0. The lowest BCUT2D eigenvalue weighted by Gasteiger charge is -2.15. The summed E-state index contributed by atoms with van der Waals surface area (Å²) in [5.41, 5.74) is 2.70. The SMILES string of the molecule is COc1ccccc1Cn1c(SCc2ccc(Cl)cc2)nc2ccccc2c1=O. The Morgan fingerprint density at radius 3 is 2.52 bits per heavy atom. The second kappa shape index (κ2) is 8.72. The molecule has 0 amide bonds. The molecule has 3 aromatic carbocycles. The third kappa shape index (κ3) is 4.31. The fraction of sp³-hybridized carbons (Fsp3) is 0.130. The molecular weight excluding hydrogens is 404 g/mol. The van der Waals surface area contributed by atoms with E-state index in [0.717, 1.165) is 16.9 Å². The first-order chi connectivity index (χ1) is 14.2. The Bertz CT molecular complexity index is 1210. The minimum absolute atomic E-state index is 0.0555. The third-order valence-electron chi connectivity index (χ3n) is 4.63. The van der Waals surface area contributed by atoms with E-state index in [0.29, 0.717) is 33.4 Å². The Balaban J connectivity index is 1.75. The molecule has 0 saturated carbocycles. The Hall–Kier alpha value is -2.76. The number of rotatable bonds is 6. The van der Waals surface area contributed by atoms with Gasteiger partial charge in [0, 0.05) is 16.3 Å². The van der Waals surface area contributed by atoms with Gasteiger partial charge in [-0.05, 0) is 35.9 Å². The van der Waals surface area contributed by atoms with E-state index in [1.165, 1.54) is 11.8 Å². The molecule has 1 aromatic heterocycles. The van der Waals surface area contributed by atoms with Crippen molar-refractivity contribution in [3.05, 3.63) is 99.3 Å². The first-order valence-corrected chi connectivity index (χ1v) is 10.5. The summed E-state index contributed by atoms with van der Waals surface area (Å²) in [7, 11) is 1.64. The van der Waals surface area contributed by atoms with Gasteiger partial charge in [-0.3, -0.25) is 9.36 Å². The number of methoxy groups -OCH3 is 1. The normalized spacial score (nSPS) is 11.0.